The van der Waals surface area contributed by atoms with E-state index in [0.29, 0.717) is 22.3 Å². The van der Waals surface area contributed by atoms with E-state index in [9.17, 15) is 14.4 Å². The summed E-state index contributed by atoms with van der Waals surface area (Å²) in [4.78, 5) is 42.2. The Morgan fingerprint density at radius 1 is 0.973 bits per heavy atom. The third-order valence-electron chi connectivity index (χ3n) is 7.32. The number of fused-ring (bicyclic) bond motifs is 4. The Bertz CT molecular complexity index is 1630. The molecule has 4 aromatic rings. The van der Waals surface area contributed by atoms with Crippen molar-refractivity contribution in [1.82, 2.24) is 0 Å². The fourth-order valence-corrected chi connectivity index (χ4v) is 5.58. The van der Waals surface area contributed by atoms with Crippen molar-refractivity contribution in [2.45, 2.75) is 5.92 Å². The Morgan fingerprint density at radius 2 is 1.70 bits per heavy atom. The topological polar surface area (TPSA) is 92.0 Å². The molecule has 7 heteroatoms. The van der Waals surface area contributed by atoms with Gasteiger partial charge in [0.05, 0.1) is 30.2 Å². The van der Waals surface area contributed by atoms with Gasteiger partial charge < -0.3 is 18.6 Å². The molecule has 7 nitrogen and oxygen atoms in total. The van der Waals surface area contributed by atoms with E-state index in [4.69, 9.17) is 18.6 Å². The van der Waals surface area contributed by atoms with Crippen LogP contribution in [-0.4, -0.2) is 25.5 Å². The monoisotopic (exact) mass is 494 g/mol. The molecule has 3 aromatic carbocycles. The van der Waals surface area contributed by atoms with Crippen molar-refractivity contribution in [3.63, 3.8) is 0 Å². The third-order valence-corrected chi connectivity index (χ3v) is 7.32. The fourth-order valence-electron chi connectivity index (χ4n) is 5.58. The minimum absolute atomic E-state index is 0.0698. The van der Waals surface area contributed by atoms with Crippen LogP contribution in [0.5, 0.6) is 17.2 Å². The molecule has 0 unspecified atom stereocenters. The highest BCUT2D eigenvalue weighted by Crippen LogP contribution is 2.56. The molecule has 1 aromatic heterocycles. The van der Waals surface area contributed by atoms with Gasteiger partial charge >= 0.3 is 11.6 Å². The number of methoxy groups -OCH3 is 1. The van der Waals surface area contributed by atoms with Gasteiger partial charge in [-0.2, -0.15) is 0 Å². The van der Waals surface area contributed by atoms with Crippen LogP contribution in [0.3, 0.4) is 0 Å². The van der Waals surface area contributed by atoms with Crippen LogP contribution in [0.25, 0.3) is 11.0 Å². The highest BCUT2D eigenvalue weighted by Gasteiger charge is 2.63. The normalized spacial score (nSPS) is 22.4. The van der Waals surface area contributed by atoms with Crippen LogP contribution in [0.4, 0.5) is 0 Å². The zero-order chi connectivity index (χ0) is 25.7. The largest absolute Gasteiger partial charge is 0.497 e. The van der Waals surface area contributed by atoms with Gasteiger partial charge in [-0.3, -0.25) is 9.59 Å². The lowest BCUT2D eigenvalue weighted by Crippen LogP contribution is -2.55. The van der Waals surface area contributed by atoms with Gasteiger partial charge in [-0.25, -0.2) is 4.79 Å². The highest BCUT2D eigenvalue weighted by atomic mass is 16.5. The number of para-hydroxylation sites is 2. The van der Waals surface area contributed by atoms with Crippen LogP contribution < -0.4 is 19.8 Å². The molecule has 1 spiro atoms. The van der Waals surface area contributed by atoms with Gasteiger partial charge in [0.15, 0.2) is 11.2 Å². The summed E-state index contributed by atoms with van der Waals surface area (Å²) in [6, 6.07) is 20.5. The minimum atomic E-state index is -1.87. The molecule has 0 radical (unpaired) electrons. The zero-order valence-electron chi connectivity index (χ0n) is 19.9. The van der Waals surface area contributed by atoms with Crippen LogP contribution in [-0.2, 0) is 4.79 Å². The molecule has 0 amide bonds. The van der Waals surface area contributed by atoms with E-state index in [-0.39, 0.29) is 29.2 Å². The second kappa shape index (κ2) is 8.48. The summed E-state index contributed by atoms with van der Waals surface area (Å²) in [5, 5.41) is 0.562. The lowest BCUT2D eigenvalue weighted by molar-refractivity contribution is -0.147. The van der Waals surface area contributed by atoms with Crippen LogP contribution in [0.2, 0.25) is 0 Å². The number of carbonyl (C=O) groups is 2. The Kier molecular flexibility index (Phi) is 5.22. The molecule has 0 saturated carbocycles. The van der Waals surface area contributed by atoms with E-state index >= 15 is 0 Å². The van der Waals surface area contributed by atoms with E-state index in [0.717, 1.165) is 0 Å². The first-order valence-corrected chi connectivity index (χ1v) is 11.8. The van der Waals surface area contributed by atoms with Gasteiger partial charge in [-0.1, -0.05) is 42.5 Å². The van der Waals surface area contributed by atoms with Crippen molar-refractivity contribution >= 4 is 22.7 Å². The van der Waals surface area contributed by atoms with Crippen molar-refractivity contribution in [1.29, 1.82) is 0 Å². The number of benzene rings is 3. The molecule has 0 fully saturated rings. The highest BCUT2D eigenvalue weighted by molar-refractivity contribution is 6.18. The summed E-state index contributed by atoms with van der Waals surface area (Å²) in [5.74, 6) is -2.12. The average molecular weight is 494 g/mol. The van der Waals surface area contributed by atoms with E-state index < -0.39 is 34.6 Å². The molecule has 37 heavy (non-hydrogen) atoms. The molecular weight excluding hydrogens is 472 g/mol. The quantitative estimate of drug-likeness (QED) is 0.131. The molecule has 6 rings (SSSR count). The summed E-state index contributed by atoms with van der Waals surface area (Å²) < 4.78 is 23.1. The number of hydrogen-bond donors (Lipinski definition) is 0. The van der Waals surface area contributed by atoms with E-state index in [1.54, 1.807) is 79.9 Å². The van der Waals surface area contributed by atoms with E-state index in [2.05, 4.69) is 6.58 Å². The first kappa shape index (κ1) is 22.8. The molecule has 2 aliphatic heterocycles. The van der Waals surface area contributed by atoms with Crippen LogP contribution >= 0.6 is 0 Å². The maximum absolute atomic E-state index is 14.5. The average Bonchev–Trinajstić information content (AvgIpc) is 3.08. The summed E-state index contributed by atoms with van der Waals surface area (Å²) in [5.41, 5.74) is -1.36. The van der Waals surface area contributed by atoms with Crippen LogP contribution in [0.15, 0.2) is 94.7 Å². The molecule has 0 N–H and O–H groups in total. The maximum Gasteiger partial charge on any atom is 0.343 e. The van der Waals surface area contributed by atoms with Gasteiger partial charge in [0.25, 0.3) is 0 Å². The Morgan fingerprint density at radius 3 is 2.46 bits per heavy atom. The minimum Gasteiger partial charge on any atom is -0.497 e. The van der Waals surface area contributed by atoms with Crippen molar-refractivity contribution in [3.05, 3.63) is 113 Å². The summed E-state index contributed by atoms with van der Waals surface area (Å²) in [6.45, 7) is 3.87. The van der Waals surface area contributed by atoms with Crippen molar-refractivity contribution in [2.24, 2.45) is 11.3 Å². The number of carbonyl (C=O) groups excluding carboxylic acids is 2. The molecule has 3 heterocycles. The molecule has 0 bridgehead atoms. The number of hydrogen-bond acceptors (Lipinski definition) is 7. The van der Waals surface area contributed by atoms with Crippen LogP contribution in [0, 0.1) is 11.3 Å². The number of ether oxygens (including phenoxy) is 3. The smallest absolute Gasteiger partial charge is 0.343 e. The zero-order valence-corrected chi connectivity index (χ0v) is 19.9. The number of esters is 1. The molecule has 0 saturated heterocycles. The Labute approximate surface area is 211 Å². The van der Waals surface area contributed by atoms with Gasteiger partial charge in [-0.05, 0) is 42.0 Å². The summed E-state index contributed by atoms with van der Waals surface area (Å²) in [6.07, 6.45) is 1.53. The predicted octanol–water partition coefficient (Wildman–Crippen LogP) is 4.92. The van der Waals surface area contributed by atoms with Gasteiger partial charge in [0.2, 0.25) is 0 Å². The van der Waals surface area contributed by atoms with E-state index in [1.165, 1.54) is 6.08 Å². The number of Topliss-reactive ketones (excluding diaryl/α,β-unsaturated/α-hetero) is 1. The number of rotatable bonds is 3. The SMILES string of the molecule is C=C[C@H]1COc2c(c(=O)oc3ccccc23)[C@H](c2ccc(OC)cc2)[C@]12C(=O)Oc1ccccc1C2=O. The summed E-state index contributed by atoms with van der Waals surface area (Å²) >= 11 is 0. The lowest BCUT2D eigenvalue weighted by Gasteiger charge is -2.42. The van der Waals surface area contributed by atoms with Gasteiger partial charge in [0.1, 0.15) is 22.8 Å². The standard InChI is InChI=1S/C30H22O7/c1-3-18-16-35-26-20-8-4-6-10-22(20)36-28(32)24(26)25(17-12-14-19(34-2)15-13-17)30(18)27(31)21-9-5-7-11-23(21)37-29(30)33/h3-15,18,25H,1,16H2,2H3/t18-,25-,30+/m0/s1. The van der Waals surface area contributed by atoms with Crippen molar-refractivity contribution in [3.8, 4) is 17.2 Å². The van der Waals surface area contributed by atoms with Crippen molar-refractivity contribution in [2.75, 3.05) is 13.7 Å². The summed E-state index contributed by atoms with van der Waals surface area (Å²) in [7, 11) is 1.54. The van der Waals surface area contributed by atoms with Gasteiger partial charge in [-0.15, -0.1) is 6.58 Å². The first-order chi connectivity index (χ1) is 18.0. The molecular formula is C30H22O7. The maximum atomic E-state index is 14.5. The van der Waals surface area contributed by atoms with E-state index in [1.807, 2.05) is 0 Å². The predicted molar refractivity (Wildman–Crippen MR) is 135 cm³/mol. The molecule has 3 atom stereocenters. The lowest BCUT2D eigenvalue weighted by atomic mass is 9.58. The Hall–Kier alpha value is -4.65. The van der Waals surface area contributed by atoms with Crippen molar-refractivity contribution < 1.29 is 28.2 Å². The van der Waals surface area contributed by atoms with Gasteiger partial charge in [0, 0.05) is 11.8 Å². The molecule has 0 aliphatic carbocycles. The third kappa shape index (κ3) is 3.17. The fraction of sp³-hybridized carbons (Fsp3) is 0.167. The Balaban J connectivity index is 1.74. The number of ketones is 1. The second-order valence-corrected chi connectivity index (χ2v) is 9.07. The van der Waals surface area contributed by atoms with Crippen LogP contribution in [0.1, 0.15) is 27.4 Å². The molecule has 184 valence electrons. The molecule has 2 aliphatic rings. The first-order valence-electron chi connectivity index (χ1n) is 11.8. The second-order valence-electron chi connectivity index (χ2n) is 9.07.